The van der Waals surface area contributed by atoms with Gasteiger partial charge < -0.3 is 15.8 Å². The molecule has 0 unspecified atom stereocenters. The minimum Gasteiger partial charge on any atom is -0.452 e. The van der Waals surface area contributed by atoms with Crippen LogP contribution in [0.2, 0.25) is 0 Å². The first-order valence-electron chi connectivity index (χ1n) is 7.02. The Balaban J connectivity index is 2.18. The lowest BCUT2D eigenvalue weighted by Gasteiger charge is -2.09. The molecule has 1 heterocycles. The Morgan fingerprint density at radius 3 is 2.95 bits per heavy atom. The Morgan fingerprint density at radius 1 is 1.43 bits per heavy atom. The van der Waals surface area contributed by atoms with Crippen molar-refractivity contribution in [3.63, 3.8) is 0 Å². The Bertz CT molecular complexity index is 622. The van der Waals surface area contributed by atoms with Gasteiger partial charge in [-0.2, -0.15) is 5.10 Å². The Labute approximate surface area is 123 Å². The molecule has 2 aromatic rings. The number of amides is 1. The van der Waals surface area contributed by atoms with E-state index >= 15 is 0 Å². The van der Waals surface area contributed by atoms with Crippen molar-refractivity contribution in [2.24, 2.45) is 0 Å². The second kappa shape index (κ2) is 6.78. The second-order valence-corrected chi connectivity index (χ2v) is 4.65. The van der Waals surface area contributed by atoms with Gasteiger partial charge in [-0.05, 0) is 31.5 Å². The molecular weight excluding hydrogens is 268 g/mol. The summed E-state index contributed by atoms with van der Waals surface area (Å²) < 4.78 is 7.52. The summed E-state index contributed by atoms with van der Waals surface area (Å²) in [6.45, 7) is 5.35. The molecule has 0 saturated heterocycles. The van der Waals surface area contributed by atoms with Crippen molar-refractivity contribution in [3.05, 3.63) is 36.2 Å². The van der Waals surface area contributed by atoms with Crippen LogP contribution in [0.5, 0.6) is 11.5 Å². The number of benzene rings is 1. The van der Waals surface area contributed by atoms with Crippen molar-refractivity contribution in [3.8, 4) is 11.5 Å². The molecule has 3 N–H and O–H groups in total. The zero-order chi connectivity index (χ0) is 15.2. The predicted octanol–water partition coefficient (Wildman–Crippen LogP) is 2.42. The van der Waals surface area contributed by atoms with Crippen LogP contribution in [0.3, 0.4) is 0 Å². The lowest BCUT2D eigenvalue weighted by Crippen LogP contribution is -2.22. The summed E-state index contributed by atoms with van der Waals surface area (Å²) in [5, 5.41) is 6.93. The number of anilines is 1. The number of nitrogen functional groups attached to an aromatic ring is 1. The van der Waals surface area contributed by atoms with E-state index in [-0.39, 0.29) is 5.91 Å². The van der Waals surface area contributed by atoms with Crippen LogP contribution >= 0.6 is 0 Å². The number of nitrogens with one attached hydrogen (secondary N) is 1. The zero-order valence-corrected chi connectivity index (χ0v) is 12.3. The van der Waals surface area contributed by atoms with Crippen LogP contribution in [-0.2, 0) is 6.54 Å². The summed E-state index contributed by atoms with van der Waals surface area (Å²) in [4.78, 5) is 11.8. The quantitative estimate of drug-likeness (QED) is 0.800. The predicted molar refractivity (Wildman–Crippen MR) is 81.5 cm³/mol. The van der Waals surface area contributed by atoms with Gasteiger partial charge in [-0.15, -0.1) is 0 Å². The number of ether oxygens (including phenoxy) is 1. The first-order valence-corrected chi connectivity index (χ1v) is 7.02. The maximum atomic E-state index is 11.8. The Hall–Kier alpha value is -2.50. The number of rotatable bonds is 6. The fourth-order valence-electron chi connectivity index (χ4n) is 1.90. The van der Waals surface area contributed by atoms with Crippen LogP contribution in [0, 0.1) is 0 Å². The molecule has 0 fully saturated rings. The highest BCUT2D eigenvalue weighted by Crippen LogP contribution is 2.28. The first kappa shape index (κ1) is 14.9. The minimum atomic E-state index is -0.149. The standard InChI is InChI=1S/C15H20N4O2/c1-3-7-19-10-12(9-18-19)21-14-8-11(5-6-13(14)16)15(20)17-4-2/h5-6,8-10H,3-4,7,16H2,1-2H3,(H,17,20). The molecule has 0 aliphatic heterocycles. The molecule has 2 rings (SSSR count). The van der Waals surface area contributed by atoms with Gasteiger partial charge in [0.1, 0.15) is 0 Å². The number of carbonyl (C=O) groups excluding carboxylic acids is 1. The van der Waals surface area contributed by atoms with E-state index in [2.05, 4.69) is 17.3 Å². The van der Waals surface area contributed by atoms with Crippen molar-refractivity contribution in [1.29, 1.82) is 0 Å². The smallest absolute Gasteiger partial charge is 0.251 e. The molecule has 0 saturated carbocycles. The third kappa shape index (κ3) is 3.75. The van der Waals surface area contributed by atoms with Gasteiger partial charge in [-0.3, -0.25) is 9.48 Å². The lowest BCUT2D eigenvalue weighted by molar-refractivity contribution is 0.0955. The molecule has 0 atom stereocenters. The normalized spacial score (nSPS) is 10.4. The molecule has 1 aromatic carbocycles. The molecular formula is C15H20N4O2. The molecule has 6 nitrogen and oxygen atoms in total. The van der Waals surface area contributed by atoms with Gasteiger partial charge in [0.05, 0.1) is 18.1 Å². The van der Waals surface area contributed by atoms with Gasteiger partial charge in [-0.1, -0.05) is 6.92 Å². The van der Waals surface area contributed by atoms with Gasteiger partial charge in [0.25, 0.3) is 5.91 Å². The van der Waals surface area contributed by atoms with Crippen molar-refractivity contribution in [1.82, 2.24) is 15.1 Å². The number of aromatic nitrogens is 2. The molecule has 21 heavy (non-hydrogen) atoms. The summed E-state index contributed by atoms with van der Waals surface area (Å²) in [6.07, 6.45) is 4.44. The lowest BCUT2D eigenvalue weighted by atomic mass is 10.2. The van der Waals surface area contributed by atoms with E-state index in [9.17, 15) is 4.79 Å². The monoisotopic (exact) mass is 288 g/mol. The number of nitrogens with two attached hydrogens (primary N) is 1. The molecule has 0 aliphatic carbocycles. The van der Waals surface area contributed by atoms with Crippen LogP contribution in [-0.4, -0.2) is 22.2 Å². The zero-order valence-electron chi connectivity index (χ0n) is 12.3. The van der Waals surface area contributed by atoms with Gasteiger partial charge in [0, 0.05) is 18.7 Å². The van der Waals surface area contributed by atoms with Crippen molar-refractivity contribution < 1.29 is 9.53 Å². The van der Waals surface area contributed by atoms with E-state index in [0.29, 0.717) is 29.3 Å². The molecule has 1 aromatic heterocycles. The SMILES string of the molecule is CCCn1cc(Oc2cc(C(=O)NCC)ccc2N)cn1. The van der Waals surface area contributed by atoms with Crippen LogP contribution in [0.15, 0.2) is 30.6 Å². The van der Waals surface area contributed by atoms with E-state index in [1.54, 1.807) is 29.1 Å². The third-order valence-corrected chi connectivity index (χ3v) is 2.90. The topological polar surface area (TPSA) is 82.2 Å². The highest BCUT2D eigenvalue weighted by atomic mass is 16.5. The Morgan fingerprint density at radius 2 is 2.24 bits per heavy atom. The number of carbonyl (C=O) groups is 1. The van der Waals surface area contributed by atoms with E-state index in [1.165, 1.54) is 0 Å². The van der Waals surface area contributed by atoms with E-state index in [4.69, 9.17) is 10.5 Å². The minimum absolute atomic E-state index is 0.149. The molecule has 0 spiro atoms. The summed E-state index contributed by atoms with van der Waals surface area (Å²) >= 11 is 0. The number of hydrogen-bond acceptors (Lipinski definition) is 4. The fraction of sp³-hybridized carbons (Fsp3) is 0.333. The maximum absolute atomic E-state index is 11.8. The average Bonchev–Trinajstić information content (AvgIpc) is 2.89. The largest absolute Gasteiger partial charge is 0.452 e. The Kier molecular flexibility index (Phi) is 4.81. The highest BCUT2D eigenvalue weighted by molar-refractivity contribution is 5.95. The van der Waals surface area contributed by atoms with Gasteiger partial charge in [-0.25, -0.2) is 0 Å². The number of nitrogens with zero attached hydrogens (tertiary/aromatic N) is 2. The van der Waals surface area contributed by atoms with Gasteiger partial charge in [0.2, 0.25) is 0 Å². The van der Waals surface area contributed by atoms with E-state index < -0.39 is 0 Å². The summed E-state index contributed by atoms with van der Waals surface area (Å²) in [6, 6.07) is 4.97. The molecule has 1 amide bonds. The number of aryl methyl sites for hydroxylation is 1. The summed E-state index contributed by atoms with van der Waals surface area (Å²) in [7, 11) is 0. The summed E-state index contributed by atoms with van der Waals surface area (Å²) in [5.74, 6) is 0.905. The van der Waals surface area contributed by atoms with Gasteiger partial charge in [0.15, 0.2) is 11.5 Å². The van der Waals surface area contributed by atoms with Crippen molar-refractivity contribution in [2.75, 3.05) is 12.3 Å². The van der Waals surface area contributed by atoms with E-state index in [0.717, 1.165) is 13.0 Å². The van der Waals surface area contributed by atoms with E-state index in [1.807, 2.05) is 13.1 Å². The second-order valence-electron chi connectivity index (χ2n) is 4.65. The molecule has 0 bridgehead atoms. The molecule has 6 heteroatoms. The average molecular weight is 288 g/mol. The van der Waals surface area contributed by atoms with Crippen LogP contribution in [0.1, 0.15) is 30.6 Å². The molecule has 112 valence electrons. The first-order chi connectivity index (χ1) is 10.1. The summed E-state index contributed by atoms with van der Waals surface area (Å²) in [5.41, 5.74) is 6.89. The van der Waals surface area contributed by atoms with Gasteiger partial charge >= 0.3 is 0 Å². The van der Waals surface area contributed by atoms with Crippen LogP contribution in [0.25, 0.3) is 0 Å². The highest BCUT2D eigenvalue weighted by Gasteiger charge is 2.10. The fourth-order valence-corrected chi connectivity index (χ4v) is 1.90. The third-order valence-electron chi connectivity index (χ3n) is 2.90. The van der Waals surface area contributed by atoms with Crippen LogP contribution in [0.4, 0.5) is 5.69 Å². The van der Waals surface area contributed by atoms with Crippen molar-refractivity contribution in [2.45, 2.75) is 26.8 Å². The van der Waals surface area contributed by atoms with Crippen molar-refractivity contribution >= 4 is 11.6 Å². The van der Waals surface area contributed by atoms with Crippen LogP contribution < -0.4 is 15.8 Å². The molecule has 0 radical (unpaired) electrons. The maximum Gasteiger partial charge on any atom is 0.251 e. The number of hydrogen-bond donors (Lipinski definition) is 2. The molecule has 0 aliphatic rings.